The van der Waals surface area contributed by atoms with Gasteiger partial charge in [-0.05, 0) is 30.6 Å². The van der Waals surface area contributed by atoms with Crippen molar-refractivity contribution in [2.24, 2.45) is 11.3 Å². The predicted octanol–water partition coefficient (Wildman–Crippen LogP) is 4.23. The van der Waals surface area contributed by atoms with Gasteiger partial charge in [-0.15, -0.1) is 0 Å². The van der Waals surface area contributed by atoms with E-state index in [9.17, 15) is 0 Å². The molecule has 0 saturated heterocycles. The minimum atomic E-state index is 0.527. The summed E-state index contributed by atoms with van der Waals surface area (Å²) in [4.78, 5) is 0. The van der Waals surface area contributed by atoms with Crippen LogP contribution in [0.4, 0.5) is 0 Å². The number of rotatable bonds is 8. The number of hydrogen-bond donors (Lipinski definition) is 1. The zero-order valence-corrected chi connectivity index (χ0v) is 11.7. The van der Waals surface area contributed by atoms with E-state index in [2.05, 4.69) is 46.9 Å². The molecule has 0 spiro atoms. The summed E-state index contributed by atoms with van der Waals surface area (Å²) in [6.45, 7) is 15.0. The van der Waals surface area contributed by atoms with Gasteiger partial charge in [-0.3, -0.25) is 0 Å². The summed E-state index contributed by atoms with van der Waals surface area (Å²) < 4.78 is 0. The van der Waals surface area contributed by atoms with Crippen LogP contribution in [-0.4, -0.2) is 12.6 Å². The molecule has 1 heteroatoms. The van der Waals surface area contributed by atoms with Crippen LogP contribution in [0.5, 0.6) is 0 Å². The topological polar surface area (TPSA) is 12.0 Å². The highest BCUT2D eigenvalue weighted by atomic mass is 14.9. The lowest BCUT2D eigenvalue weighted by Gasteiger charge is -2.35. The predicted molar refractivity (Wildman–Crippen MR) is 70.2 cm³/mol. The Balaban J connectivity index is 4.29. The lowest BCUT2D eigenvalue weighted by Crippen LogP contribution is -2.38. The Bertz CT molecular complexity index is 147. The van der Waals surface area contributed by atoms with Crippen molar-refractivity contribution in [3.8, 4) is 0 Å². The van der Waals surface area contributed by atoms with Gasteiger partial charge in [-0.2, -0.15) is 0 Å². The van der Waals surface area contributed by atoms with E-state index in [0.29, 0.717) is 11.5 Å². The molecule has 0 fully saturated rings. The molecule has 0 aromatic heterocycles. The van der Waals surface area contributed by atoms with Gasteiger partial charge >= 0.3 is 0 Å². The second-order valence-electron chi connectivity index (χ2n) is 5.46. The molecule has 0 aliphatic rings. The molecular formula is C14H31N. The molecule has 0 amide bonds. The van der Waals surface area contributed by atoms with Crippen LogP contribution in [0.15, 0.2) is 0 Å². The third kappa shape index (κ3) is 5.55. The standard InChI is InChI=1S/C14H31N/c1-7-13(6)10-14(8-2,9-3)11-15-12(4)5/h12-13,15H,7-11H2,1-6H3. The van der Waals surface area contributed by atoms with Gasteiger partial charge in [0.1, 0.15) is 0 Å². The Kier molecular flexibility index (Phi) is 7.25. The van der Waals surface area contributed by atoms with Crippen LogP contribution in [0.2, 0.25) is 0 Å². The van der Waals surface area contributed by atoms with Crippen molar-refractivity contribution in [3.05, 3.63) is 0 Å². The van der Waals surface area contributed by atoms with Gasteiger partial charge in [0.2, 0.25) is 0 Å². The van der Waals surface area contributed by atoms with E-state index in [-0.39, 0.29) is 0 Å². The van der Waals surface area contributed by atoms with Crippen molar-refractivity contribution in [2.75, 3.05) is 6.54 Å². The zero-order valence-electron chi connectivity index (χ0n) is 11.7. The Morgan fingerprint density at radius 2 is 1.53 bits per heavy atom. The molecule has 0 bridgehead atoms. The number of hydrogen-bond acceptors (Lipinski definition) is 1. The third-order valence-electron chi connectivity index (χ3n) is 3.86. The first-order valence-corrected chi connectivity index (χ1v) is 6.73. The van der Waals surface area contributed by atoms with Crippen LogP contribution >= 0.6 is 0 Å². The van der Waals surface area contributed by atoms with Crippen LogP contribution in [0.25, 0.3) is 0 Å². The SMILES string of the molecule is CCC(C)CC(CC)(CC)CNC(C)C. The minimum Gasteiger partial charge on any atom is -0.314 e. The maximum atomic E-state index is 3.62. The van der Waals surface area contributed by atoms with E-state index in [1.54, 1.807) is 0 Å². The van der Waals surface area contributed by atoms with Crippen LogP contribution in [-0.2, 0) is 0 Å². The van der Waals surface area contributed by atoms with Gasteiger partial charge in [0.25, 0.3) is 0 Å². The lowest BCUT2D eigenvalue weighted by atomic mass is 9.74. The van der Waals surface area contributed by atoms with Crippen molar-refractivity contribution in [2.45, 2.75) is 73.3 Å². The van der Waals surface area contributed by atoms with Crippen LogP contribution in [0.1, 0.15) is 67.2 Å². The van der Waals surface area contributed by atoms with Crippen molar-refractivity contribution in [1.82, 2.24) is 5.32 Å². The largest absolute Gasteiger partial charge is 0.314 e. The molecule has 0 rings (SSSR count). The molecule has 15 heavy (non-hydrogen) atoms. The summed E-state index contributed by atoms with van der Waals surface area (Å²) in [6, 6.07) is 0.611. The first-order chi connectivity index (χ1) is 6.99. The minimum absolute atomic E-state index is 0.527. The van der Waals surface area contributed by atoms with E-state index < -0.39 is 0 Å². The highest BCUT2D eigenvalue weighted by Crippen LogP contribution is 2.34. The summed E-state index contributed by atoms with van der Waals surface area (Å²) >= 11 is 0. The molecule has 1 nitrogen and oxygen atoms in total. The van der Waals surface area contributed by atoms with E-state index in [1.807, 2.05) is 0 Å². The summed E-state index contributed by atoms with van der Waals surface area (Å²) in [6.07, 6.45) is 5.28. The van der Waals surface area contributed by atoms with Gasteiger partial charge < -0.3 is 5.32 Å². The summed E-state index contributed by atoms with van der Waals surface area (Å²) in [5, 5.41) is 3.62. The molecule has 1 unspecified atom stereocenters. The maximum absolute atomic E-state index is 3.62. The average molecular weight is 213 g/mol. The lowest BCUT2D eigenvalue weighted by molar-refractivity contribution is 0.186. The summed E-state index contributed by atoms with van der Waals surface area (Å²) in [7, 11) is 0. The van der Waals surface area contributed by atoms with Crippen LogP contribution in [0, 0.1) is 11.3 Å². The molecule has 92 valence electrons. The van der Waals surface area contributed by atoms with Gasteiger partial charge in [0.15, 0.2) is 0 Å². The molecule has 0 aromatic rings. The van der Waals surface area contributed by atoms with Crippen molar-refractivity contribution >= 4 is 0 Å². The second-order valence-corrected chi connectivity index (χ2v) is 5.46. The quantitative estimate of drug-likeness (QED) is 0.636. The molecule has 1 N–H and O–H groups in total. The average Bonchev–Trinajstić information content (AvgIpc) is 2.24. The van der Waals surface area contributed by atoms with E-state index in [0.717, 1.165) is 5.92 Å². The summed E-state index contributed by atoms with van der Waals surface area (Å²) in [5.74, 6) is 0.860. The Morgan fingerprint density at radius 3 is 1.87 bits per heavy atom. The van der Waals surface area contributed by atoms with Crippen molar-refractivity contribution < 1.29 is 0 Å². The maximum Gasteiger partial charge on any atom is 0.00106 e. The van der Waals surface area contributed by atoms with Crippen molar-refractivity contribution in [3.63, 3.8) is 0 Å². The third-order valence-corrected chi connectivity index (χ3v) is 3.86. The number of nitrogens with one attached hydrogen (secondary N) is 1. The Hall–Kier alpha value is -0.0400. The highest BCUT2D eigenvalue weighted by molar-refractivity contribution is 4.81. The first-order valence-electron chi connectivity index (χ1n) is 6.73. The molecule has 0 saturated carbocycles. The summed E-state index contributed by atoms with van der Waals surface area (Å²) in [5.41, 5.74) is 0.527. The van der Waals surface area contributed by atoms with E-state index in [4.69, 9.17) is 0 Å². The van der Waals surface area contributed by atoms with E-state index >= 15 is 0 Å². The molecule has 0 heterocycles. The molecular weight excluding hydrogens is 182 g/mol. The second kappa shape index (κ2) is 7.27. The Labute approximate surface area is 97.0 Å². The van der Waals surface area contributed by atoms with Crippen LogP contribution in [0.3, 0.4) is 0 Å². The highest BCUT2D eigenvalue weighted by Gasteiger charge is 2.27. The van der Waals surface area contributed by atoms with Crippen LogP contribution < -0.4 is 5.32 Å². The molecule has 0 radical (unpaired) electrons. The van der Waals surface area contributed by atoms with E-state index in [1.165, 1.54) is 32.2 Å². The molecule has 0 aromatic carbocycles. The monoisotopic (exact) mass is 213 g/mol. The molecule has 1 atom stereocenters. The fraction of sp³-hybridized carbons (Fsp3) is 1.00. The molecule has 0 aliphatic carbocycles. The van der Waals surface area contributed by atoms with Gasteiger partial charge in [-0.1, -0.05) is 48.0 Å². The van der Waals surface area contributed by atoms with Crippen molar-refractivity contribution in [1.29, 1.82) is 0 Å². The van der Waals surface area contributed by atoms with Gasteiger partial charge in [-0.25, -0.2) is 0 Å². The first kappa shape index (κ1) is 15.0. The zero-order chi connectivity index (χ0) is 11.9. The van der Waals surface area contributed by atoms with Gasteiger partial charge in [0.05, 0.1) is 0 Å². The normalized spacial score (nSPS) is 14.6. The molecule has 0 aliphatic heterocycles. The Morgan fingerprint density at radius 1 is 1.00 bits per heavy atom. The fourth-order valence-electron chi connectivity index (χ4n) is 2.17. The smallest absolute Gasteiger partial charge is 0.00106 e. The van der Waals surface area contributed by atoms with Gasteiger partial charge in [0, 0.05) is 12.6 Å². The fourth-order valence-corrected chi connectivity index (χ4v) is 2.17.